The molecule has 1 aliphatic rings. The van der Waals surface area contributed by atoms with Crippen molar-refractivity contribution in [3.05, 3.63) is 48.0 Å². The second-order valence-corrected chi connectivity index (χ2v) is 5.84. The van der Waals surface area contributed by atoms with E-state index in [1.807, 2.05) is 12.1 Å². The first-order valence-electron chi connectivity index (χ1n) is 8.30. The van der Waals surface area contributed by atoms with Crippen LogP contribution in [0.25, 0.3) is 0 Å². The van der Waals surface area contributed by atoms with Crippen molar-refractivity contribution in [2.75, 3.05) is 37.5 Å². The monoisotopic (exact) mass is 355 g/mol. The SMILES string of the molecule is COc1cc(OC)cc(C(=O)Nc2ccc(N3CCCNC3=O)cc2)c1. The lowest BCUT2D eigenvalue weighted by molar-refractivity contribution is 0.102. The van der Waals surface area contributed by atoms with E-state index in [4.69, 9.17) is 9.47 Å². The maximum Gasteiger partial charge on any atom is 0.321 e. The number of hydrogen-bond acceptors (Lipinski definition) is 4. The van der Waals surface area contributed by atoms with Crippen LogP contribution in [0.3, 0.4) is 0 Å². The number of benzene rings is 2. The lowest BCUT2D eigenvalue weighted by Gasteiger charge is -2.27. The fraction of sp³-hybridized carbons (Fsp3) is 0.263. The van der Waals surface area contributed by atoms with Crippen molar-refractivity contribution in [1.29, 1.82) is 0 Å². The molecule has 7 nitrogen and oxygen atoms in total. The van der Waals surface area contributed by atoms with E-state index in [-0.39, 0.29) is 11.9 Å². The predicted molar refractivity (Wildman–Crippen MR) is 99.3 cm³/mol. The Kier molecular flexibility index (Phi) is 5.26. The second kappa shape index (κ2) is 7.77. The highest BCUT2D eigenvalue weighted by molar-refractivity contribution is 6.05. The molecule has 0 unspecified atom stereocenters. The van der Waals surface area contributed by atoms with Crippen LogP contribution in [-0.4, -0.2) is 39.2 Å². The molecule has 0 bridgehead atoms. The van der Waals surface area contributed by atoms with Crippen molar-refractivity contribution in [2.45, 2.75) is 6.42 Å². The normalized spacial score (nSPS) is 13.8. The number of nitrogens with zero attached hydrogens (tertiary/aromatic N) is 1. The summed E-state index contributed by atoms with van der Waals surface area (Å²) >= 11 is 0. The molecule has 0 aromatic heterocycles. The quantitative estimate of drug-likeness (QED) is 0.864. The molecule has 0 aliphatic carbocycles. The van der Waals surface area contributed by atoms with Gasteiger partial charge >= 0.3 is 6.03 Å². The highest BCUT2D eigenvalue weighted by Gasteiger charge is 2.19. The highest BCUT2D eigenvalue weighted by Crippen LogP contribution is 2.24. The minimum atomic E-state index is -0.273. The Hall–Kier alpha value is -3.22. The second-order valence-electron chi connectivity index (χ2n) is 5.84. The lowest BCUT2D eigenvalue weighted by atomic mass is 10.1. The number of nitrogens with one attached hydrogen (secondary N) is 2. The van der Waals surface area contributed by atoms with Crippen LogP contribution >= 0.6 is 0 Å². The van der Waals surface area contributed by atoms with Gasteiger partial charge in [-0.05, 0) is 42.8 Å². The van der Waals surface area contributed by atoms with E-state index in [1.54, 1.807) is 35.2 Å². The summed E-state index contributed by atoms with van der Waals surface area (Å²) in [5.74, 6) is 0.813. The molecule has 1 aliphatic heterocycles. The van der Waals surface area contributed by atoms with Crippen molar-refractivity contribution in [2.24, 2.45) is 0 Å². The number of carbonyl (C=O) groups excluding carboxylic acids is 2. The summed E-state index contributed by atoms with van der Waals surface area (Å²) in [6.07, 6.45) is 0.905. The number of ether oxygens (including phenoxy) is 2. The number of rotatable bonds is 5. The molecule has 1 heterocycles. The van der Waals surface area contributed by atoms with E-state index in [9.17, 15) is 9.59 Å². The van der Waals surface area contributed by atoms with Gasteiger partial charge in [-0.25, -0.2) is 4.79 Å². The topological polar surface area (TPSA) is 79.9 Å². The summed E-state index contributed by atoms with van der Waals surface area (Å²) in [6.45, 7) is 1.38. The van der Waals surface area contributed by atoms with Gasteiger partial charge in [0.1, 0.15) is 11.5 Å². The van der Waals surface area contributed by atoms with Crippen molar-refractivity contribution >= 4 is 23.3 Å². The third kappa shape index (κ3) is 3.88. The van der Waals surface area contributed by atoms with Crippen LogP contribution in [0.15, 0.2) is 42.5 Å². The molecule has 2 aromatic rings. The number of hydrogen-bond donors (Lipinski definition) is 2. The number of amides is 3. The van der Waals surface area contributed by atoms with Gasteiger partial charge in [0.05, 0.1) is 14.2 Å². The Bertz CT molecular complexity index is 783. The van der Waals surface area contributed by atoms with E-state index in [1.165, 1.54) is 14.2 Å². The molecule has 136 valence electrons. The van der Waals surface area contributed by atoms with Gasteiger partial charge in [-0.3, -0.25) is 9.69 Å². The molecule has 2 N–H and O–H groups in total. The predicted octanol–water partition coefficient (Wildman–Crippen LogP) is 2.88. The minimum Gasteiger partial charge on any atom is -0.497 e. The Morgan fingerprint density at radius 3 is 2.31 bits per heavy atom. The van der Waals surface area contributed by atoms with Crippen LogP contribution in [-0.2, 0) is 0 Å². The number of urea groups is 1. The van der Waals surface area contributed by atoms with Gasteiger partial charge in [-0.15, -0.1) is 0 Å². The van der Waals surface area contributed by atoms with E-state index < -0.39 is 0 Å². The molecule has 0 radical (unpaired) electrons. The van der Waals surface area contributed by atoms with Crippen LogP contribution in [0, 0.1) is 0 Å². The van der Waals surface area contributed by atoms with Crippen LogP contribution in [0.1, 0.15) is 16.8 Å². The van der Waals surface area contributed by atoms with E-state index >= 15 is 0 Å². The van der Waals surface area contributed by atoms with Crippen molar-refractivity contribution in [3.63, 3.8) is 0 Å². The summed E-state index contributed by atoms with van der Waals surface area (Å²) in [4.78, 5) is 26.1. The largest absolute Gasteiger partial charge is 0.497 e. The Morgan fingerprint density at radius 2 is 1.73 bits per heavy atom. The van der Waals surface area contributed by atoms with Gasteiger partial charge in [0.2, 0.25) is 0 Å². The fourth-order valence-electron chi connectivity index (χ4n) is 2.74. The first-order valence-corrected chi connectivity index (χ1v) is 8.30. The number of anilines is 2. The maximum atomic E-state index is 12.5. The molecule has 3 rings (SSSR count). The zero-order valence-corrected chi connectivity index (χ0v) is 14.7. The summed E-state index contributed by atoms with van der Waals surface area (Å²) < 4.78 is 10.4. The van der Waals surface area contributed by atoms with E-state index in [2.05, 4.69) is 10.6 Å². The first-order chi connectivity index (χ1) is 12.6. The Labute approximate surface area is 151 Å². The van der Waals surface area contributed by atoms with Crippen LogP contribution < -0.4 is 25.0 Å². The molecule has 3 amide bonds. The fourth-order valence-corrected chi connectivity index (χ4v) is 2.74. The summed E-state index contributed by atoms with van der Waals surface area (Å²) in [5.41, 5.74) is 1.86. The smallest absolute Gasteiger partial charge is 0.321 e. The molecule has 7 heteroatoms. The zero-order chi connectivity index (χ0) is 18.5. The van der Waals surface area contributed by atoms with Gasteiger partial charge in [-0.1, -0.05) is 0 Å². The maximum absolute atomic E-state index is 12.5. The van der Waals surface area contributed by atoms with E-state index in [0.717, 1.165) is 12.1 Å². The molecular formula is C19H21N3O4. The average Bonchev–Trinajstić information content (AvgIpc) is 2.68. The molecule has 0 spiro atoms. The van der Waals surface area contributed by atoms with Crippen molar-refractivity contribution in [1.82, 2.24) is 5.32 Å². The lowest BCUT2D eigenvalue weighted by Crippen LogP contribution is -2.46. The summed E-state index contributed by atoms with van der Waals surface area (Å²) in [5, 5.41) is 5.65. The number of carbonyl (C=O) groups is 2. The summed E-state index contributed by atoms with van der Waals surface area (Å²) in [6, 6.07) is 12.1. The molecule has 2 aromatic carbocycles. The van der Waals surface area contributed by atoms with Gasteiger partial charge in [0, 0.05) is 36.1 Å². The Morgan fingerprint density at radius 1 is 1.08 bits per heavy atom. The Balaban J connectivity index is 1.72. The standard InChI is InChI=1S/C19H21N3O4/c1-25-16-10-13(11-17(12-16)26-2)18(23)21-14-4-6-15(7-5-14)22-9-3-8-20-19(22)24/h4-7,10-12H,3,8-9H2,1-2H3,(H,20,24)(H,21,23). The molecule has 1 fully saturated rings. The van der Waals surface area contributed by atoms with Gasteiger partial charge in [-0.2, -0.15) is 0 Å². The molecule has 0 saturated carbocycles. The first kappa shape index (κ1) is 17.6. The molecular weight excluding hydrogens is 334 g/mol. The molecule has 26 heavy (non-hydrogen) atoms. The van der Waals surface area contributed by atoms with Gasteiger partial charge < -0.3 is 20.1 Å². The van der Waals surface area contributed by atoms with Crippen LogP contribution in [0.4, 0.5) is 16.2 Å². The van der Waals surface area contributed by atoms with E-state index in [0.29, 0.717) is 35.8 Å². The molecule has 0 atom stereocenters. The van der Waals surface area contributed by atoms with Crippen LogP contribution in [0.5, 0.6) is 11.5 Å². The third-order valence-corrected chi connectivity index (χ3v) is 4.13. The van der Waals surface area contributed by atoms with Crippen molar-refractivity contribution < 1.29 is 19.1 Å². The molecule has 1 saturated heterocycles. The summed E-state index contributed by atoms with van der Waals surface area (Å²) in [7, 11) is 3.07. The van der Waals surface area contributed by atoms with Gasteiger partial charge in [0.25, 0.3) is 5.91 Å². The van der Waals surface area contributed by atoms with Gasteiger partial charge in [0.15, 0.2) is 0 Å². The third-order valence-electron chi connectivity index (χ3n) is 4.13. The zero-order valence-electron chi connectivity index (χ0n) is 14.7. The average molecular weight is 355 g/mol. The van der Waals surface area contributed by atoms with Crippen molar-refractivity contribution in [3.8, 4) is 11.5 Å². The highest BCUT2D eigenvalue weighted by atomic mass is 16.5. The number of methoxy groups -OCH3 is 2. The van der Waals surface area contributed by atoms with Crippen LogP contribution in [0.2, 0.25) is 0 Å². The minimum absolute atomic E-state index is 0.100.